The van der Waals surface area contributed by atoms with Gasteiger partial charge >= 0.3 is 0 Å². The fraction of sp³-hybridized carbons (Fsp3) is 0.600. The Balaban J connectivity index is 1.77. The van der Waals surface area contributed by atoms with Crippen LogP contribution in [0, 0.1) is 5.92 Å². The third kappa shape index (κ3) is 4.66. The fourth-order valence-corrected chi connectivity index (χ4v) is 3.65. The number of alkyl halides is 1. The van der Waals surface area contributed by atoms with E-state index in [-0.39, 0.29) is 0 Å². The largest absolute Gasteiger partial charge is 0.496 e. The molecule has 0 radical (unpaired) electrons. The first-order valence-corrected chi connectivity index (χ1v) is 8.09. The van der Waals surface area contributed by atoms with E-state index in [9.17, 15) is 0 Å². The Morgan fingerprint density at radius 2 is 2.26 bits per heavy atom. The maximum absolute atomic E-state index is 6.21. The zero-order chi connectivity index (χ0) is 13.7. The second kappa shape index (κ2) is 7.51. The molecule has 1 fully saturated rings. The van der Waals surface area contributed by atoms with E-state index < -0.39 is 0 Å². The molecule has 1 aromatic rings. The maximum atomic E-state index is 6.21. The number of halogens is 2. The summed E-state index contributed by atoms with van der Waals surface area (Å²) in [5.74, 6) is 1.61. The molecule has 0 amide bonds. The lowest BCUT2D eigenvalue weighted by molar-refractivity contribution is 0.346. The van der Waals surface area contributed by atoms with E-state index in [1.165, 1.54) is 24.8 Å². The van der Waals surface area contributed by atoms with Crippen LogP contribution >= 0.6 is 27.5 Å². The predicted octanol–water partition coefficient (Wildman–Crippen LogP) is 4.34. The maximum Gasteiger partial charge on any atom is 0.133 e. The van der Waals surface area contributed by atoms with Gasteiger partial charge in [-0.1, -0.05) is 12.5 Å². The minimum absolute atomic E-state index is 0.385. The molecule has 0 saturated heterocycles. The Morgan fingerprint density at radius 3 is 2.95 bits per heavy atom. The van der Waals surface area contributed by atoms with Crippen molar-refractivity contribution in [3.05, 3.63) is 28.2 Å². The molecule has 1 aliphatic rings. The molecule has 4 heteroatoms. The van der Waals surface area contributed by atoms with Crippen LogP contribution in [-0.2, 0) is 6.54 Å². The Bertz CT molecular complexity index is 413. The number of nitrogens with one attached hydrogen (secondary N) is 1. The number of hydrogen-bond donors (Lipinski definition) is 1. The lowest BCUT2D eigenvalue weighted by Gasteiger charge is -2.25. The van der Waals surface area contributed by atoms with Crippen LogP contribution in [0.25, 0.3) is 0 Å². The molecule has 2 atom stereocenters. The first-order valence-electron chi connectivity index (χ1n) is 6.86. The number of methoxy groups -OCH3 is 1. The van der Waals surface area contributed by atoms with Crippen molar-refractivity contribution in [1.29, 1.82) is 0 Å². The molecule has 0 aliphatic heterocycles. The summed E-state index contributed by atoms with van der Waals surface area (Å²) in [5.41, 5.74) is 1.27. The second-order valence-electron chi connectivity index (χ2n) is 5.23. The van der Waals surface area contributed by atoms with Gasteiger partial charge in [0.15, 0.2) is 0 Å². The van der Waals surface area contributed by atoms with Crippen molar-refractivity contribution in [3.63, 3.8) is 0 Å². The number of hydrogen-bond acceptors (Lipinski definition) is 2. The molecule has 0 bridgehead atoms. The van der Waals surface area contributed by atoms with Crippen LogP contribution in [-0.4, -0.2) is 19.0 Å². The standard InChI is InChI=1S/C15H21BrClNO/c1-19-15-6-5-12(8-14(15)16)10-18-9-11-3-2-4-13(17)7-11/h5-6,8,11,13,18H,2-4,7,9-10H2,1H3. The summed E-state index contributed by atoms with van der Waals surface area (Å²) in [6, 6.07) is 6.20. The molecule has 106 valence electrons. The zero-order valence-electron chi connectivity index (χ0n) is 11.3. The van der Waals surface area contributed by atoms with Crippen LogP contribution in [0.2, 0.25) is 0 Å². The van der Waals surface area contributed by atoms with Crippen molar-refractivity contribution < 1.29 is 4.74 Å². The van der Waals surface area contributed by atoms with E-state index in [1.54, 1.807) is 7.11 Å². The average molecular weight is 347 g/mol. The van der Waals surface area contributed by atoms with Gasteiger partial charge in [-0.15, -0.1) is 11.6 Å². The van der Waals surface area contributed by atoms with Gasteiger partial charge in [0.25, 0.3) is 0 Å². The fourth-order valence-electron chi connectivity index (χ4n) is 2.65. The molecule has 0 spiro atoms. The van der Waals surface area contributed by atoms with Crippen molar-refractivity contribution in [2.24, 2.45) is 5.92 Å². The van der Waals surface area contributed by atoms with Crippen LogP contribution < -0.4 is 10.1 Å². The second-order valence-corrected chi connectivity index (χ2v) is 6.70. The van der Waals surface area contributed by atoms with Crippen LogP contribution in [0.15, 0.2) is 22.7 Å². The molecular weight excluding hydrogens is 326 g/mol. The van der Waals surface area contributed by atoms with Gasteiger partial charge < -0.3 is 10.1 Å². The van der Waals surface area contributed by atoms with Gasteiger partial charge in [0, 0.05) is 11.9 Å². The molecule has 2 unspecified atom stereocenters. The Kier molecular flexibility index (Phi) is 5.99. The van der Waals surface area contributed by atoms with Crippen LogP contribution in [0.4, 0.5) is 0 Å². The highest BCUT2D eigenvalue weighted by Gasteiger charge is 2.19. The van der Waals surface area contributed by atoms with Gasteiger partial charge in [-0.2, -0.15) is 0 Å². The smallest absolute Gasteiger partial charge is 0.133 e. The van der Waals surface area contributed by atoms with Crippen molar-refractivity contribution in [1.82, 2.24) is 5.32 Å². The third-order valence-corrected chi connectivity index (χ3v) is 4.71. The lowest BCUT2D eigenvalue weighted by atomic mass is 9.89. The van der Waals surface area contributed by atoms with Gasteiger partial charge in [0.1, 0.15) is 5.75 Å². The highest BCUT2D eigenvalue weighted by atomic mass is 79.9. The van der Waals surface area contributed by atoms with Crippen LogP contribution in [0.1, 0.15) is 31.2 Å². The third-order valence-electron chi connectivity index (χ3n) is 3.70. The molecular formula is C15H21BrClNO. The first kappa shape index (κ1) is 15.1. The van der Waals surface area contributed by atoms with E-state index in [2.05, 4.69) is 33.4 Å². The van der Waals surface area contributed by atoms with Crippen molar-refractivity contribution in [3.8, 4) is 5.75 Å². The summed E-state index contributed by atoms with van der Waals surface area (Å²) >= 11 is 9.73. The van der Waals surface area contributed by atoms with Crippen molar-refractivity contribution in [2.75, 3.05) is 13.7 Å². The number of benzene rings is 1. The molecule has 2 nitrogen and oxygen atoms in total. The molecule has 0 heterocycles. The predicted molar refractivity (Wildman–Crippen MR) is 84.0 cm³/mol. The van der Waals surface area contributed by atoms with E-state index in [0.717, 1.165) is 35.7 Å². The van der Waals surface area contributed by atoms with Gasteiger partial charge in [-0.3, -0.25) is 0 Å². The molecule has 1 aromatic carbocycles. The Morgan fingerprint density at radius 1 is 1.42 bits per heavy atom. The van der Waals surface area contributed by atoms with E-state index in [1.807, 2.05) is 6.07 Å². The van der Waals surface area contributed by atoms with Crippen molar-refractivity contribution in [2.45, 2.75) is 37.6 Å². The SMILES string of the molecule is COc1ccc(CNCC2CCCC(Cl)C2)cc1Br. The van der Waals surface area contributed by atoms with Crippen molar-refractivity contribution >= 4 is 27.5 Å². The molecule has 1 aliphatic carbocycles. The summed E-state index contributed by atoms with van der Waals surface area (Å²) in [4.78, 5) is 0. The summed E-state index contributed by atoms with van der Waals surface area (Å²) in [7, 11) is 1.68. The van der Waals surface area contributed by atoms with Crippen LogP contribution in [0.3, 0.4) is 0 Å². The monoisotopic (exact) mass is 345 g/mol. The highest BCUT2D eigenvalue weighted by molar-refractivity contribution is 9.10. The van der Waals surface area contributed by atoms with E-state index >= 15 is 0 Å². The summed E-state index contributed by atoms with van der Waals surface area (Å²) < 4.78 is 6.24. The molecule has 2 rings (SSSR count). The minimum atomic E-state index is 0.385. The highest BCUT2D eigenvalue weighted by Crippen LogP contribution is 2.28. The molecule has 19 heavy (non-hydrogen) atoms. The van der Waals surface area contributed by atoms with E-state index in [4.69, 9.17) is 16.3 Å². The molecule has 0 aromatic heterocycles. The van der Waals surface area contributed by atoms with Gasteiger partial charge in [0.2, 0.25) is 0 Å². The Labute approximate surface area is 129 Å². The topological polar surface area (TPSA) is 21.3 Å². The van der Waals surface area contributed by atoms with Gasteiger partial charge in [0.05, 0.1) is 11.6 Å². The normalized spacial score (nSPS) is 23.3. The van der Waals surface area contributed by atoms with E-state index in [0.29, 0.717) is 5.38 Å². The van der Waals surface area contributed by atoms with Gasteiger partial charge in [-0.25, -0.2) is 0 Å². The zero-order valence-corrected chi connectivity index (χ0v) is 13.6. The summed E-state index contributed by atoms with van der Waals surface area (Å²) in [6.07, 6.45) is 4.92. The number of rotatable bonds is 5. The van der Waals surface area contributed by atoms with Gasteiger partial charge in [-0.05, 0) is 65.4 Å². The summed E-state index contributed by atoms with van der Waals surface area (Å²) in [5, 5.41) is 3.92. The minimum Gasteiger partial charge on any atom is -0.496 e. The molecule has 1 saturated carbocycles. The Hall–Kier alpha value is -0.250. The number of ether oxygens (including phenoxy) is 1. The quantitative estimate of drug-likeness (QED) is 0.801. The summed E-state index contributed by atoms with van der Waals surface area (Å²) in [6.45, 7) is 1.96. The van der Waals surface area contributed by atoms with Crippen LogP contribution in [0.5, 0.6) is 5.75 Å². The molecule has 1 N–H and O–H groups in total. The first-order chi connectivity index (χ1) is 9.19. The average Bonchev–Trinajstić information content (AvgIpc) is 2.39. The lowest BCUT2D eigenvalue weighted by Crippen LogP contribution is -2.27.